The molecule has 1 aromatic heterocycles. The lowest BCUT2D eigenvalue weighted by Crippen LogP contribution is -2.24. The van der Waals surface area contributed by atoms with E-state index in [-0.39, 0.29) is 12.5 Å². The fourth-order valence-electron chi connectivity index (χ4n) is 2.10. The molecule has 2 aromatic rings. The van der Waals surface area contributed by atoms with E-state index in [0.717, 1.165) is 11.4 Å². The minimum atomic E-state index is -0.136. The second-order valence-corrected chi connectivity index (χ2v) is 5.23. The number of hydrogen-bond donors (Lipinski definition) is 3. The number of aromatic amines is 1. The van der Waals surface area contributed by atoms with Gasteiger partial charge in [-0.1, -0.05) is 12.1 Å². The van der Waals surface area contributed by atoms with Crippen molar-refractivity contribution in [1.82, 2.24) is 20.5 Å². The molecule has 1 fully saturated rings. The molecule has 0 radical (unpaired) electrons. The van der Waals surface area contributed by atoms with Gasteiger partial charge in [0.15, 0.2) is 5.82 Å². The smallest absolute Gasteiger partial charge is 0.251 e. The minimum absolute atomic E-state index is 0.0768. The van der Waals surface area contributed by atoms with Crippen LogP contribution in [0.3, 0.4) is 0 Å². The van der Waals surface area contributed by atoms with Crippen molar-refractivity contribution in [3.63, 3.8) is 0 Å². The third-order valence-electron chi connectivity index (χ3n) is 3.49. The van der Waals surface area contributed by atoms with E-state index >= 15 is 0 Å². The third-order valence-corrected chi connectivity index (χ3v) is 3.49. The van der Waals surface area contributed by atoms with Gasteiger partial charge in [-0.05, 0) is 31.4 Å². The second kappa shape index (κ2) is 6.05. The molecular formula is C15H18N4O2. The van der Waals surface area contributed by atoms with Crippen molar-refractivity contribution in [3.05, 3.63) is 35.7 Å². The van der Waals surface area contributed by atoms with E-state index in [2.05, 4.69) is 20.5 Å². The van der Waals surface area contributed by atoms with E-state index in [1.165, 1.54) is 12.8 Å². The highest BCUT2D eigenvalue weighted by atomic mass is 16.3. The summed E-state index contributed by atoms with van der Waals surface area (Å²) in [6, 6.07) is 7.22. The predicted molar refractivity (Wildman–Crippen MR) is 77.8 cm³/mol. The highest BCUT2D eigenvalue weighted by Crippen LogP contribution is 2.38. The van der Waals surface area contributed by atoms with E-state index in [9.17, 15) is 4.79 Å². The Morgan fingerprint density at radius 3 is 2.76 bits per heavy atom. The number of amides is 1. The number of carbonyl (C=O) groups excluding carboxylic acids is 1. The van der Waals surface area contributed by atoms with Crippen LogP contribution in [0.1, 0.15) is 41.4 Å². The molecule has 110 valence electrons. The molecule has 3 N–H and O–H groups in total. The molecule has 6 nitrogen and oxygen atoms in total. The molecule has 1 saturated carbocycles. The molecule has 0 atom stereocenters. The zero-order valence-corrected chi connectivity index (χ0v) is 11.7. The Morgan fingerprint density at radius 1 is 1.33 bits per heavy atom. The average molecular weight is 286 g/mol. The Kier molecular flexibility index (Phi) is 3.96. The molecule has 0 aliphatic heterocycles. The van der Waals surface area contributed by atoms with Gasteiger partial charge >= 0.3 is 0 Å². The second-order valence-electron chi connectivity index (χ2n) is 5.23. The van der Waals surface area contributed by atoms with Crippen LogP contribution in [0, 0.1) is 0 Å². The maximum Gasteiger partial charge on any atom is 0.251 e. The Bertz CT molecular complexity index is 617. The summed E-state index contributed by atoms with van der Waals surface area (Å²) < 4.78 is 0. The Morgan fingerprint density at radius 2 is 2.10 bits per heavy atom. The Hall–Kier alpha value is -2.21. The maximum atomic E-state index is 11.8. The number of rotatable bonds is 6. The van der Waals surface area contributed by atoms with Crippen molar-refractivity contribution in [2.45, 2.75) is 25.2 Å². The molecular weight excluding hydrogens is 268 g/mol. The number of aliphatic hydroxyl groups is 1. The van der Waals surface area contributed by atoms with Crippen molar-refractivity contribution < 1.29 is 9.90 Å². The molecule has 0 bridgehead atoms. The van der Waals surface area contributed by atoms with Gasteiger partial charge in [0.05, 0.1) is 0 Å². The minimum Gasteiger partial charge on any atom is -0.396 e. The largest absolute Gasteiger partial charge is 0.396 e. The SMILES string of the molecule is O=C(NCCCO)c1ccc(-c2n[nH]c(C3CC3)n2)cc1. The van der Waals surface area contributed by atoms with Gasteiger partial charge in [0, 0.05) is 30.2 Å². The van der Waals surface area contributed by atoms with E-state index in [1.807, 2.05) is 12.1 Å². The standard InChI is InChI=1S/C15H18N4O2/c20-9-1-8-16-15(21)12-6-4-11(5-7-12)14-17-13(18-19-14)10-2-3-10/h4-7,10,20H,1-3,8-9H2,(H,16,21)(H,17,18,19). The van der Waals surface area contributed by atoms with Gasteiger partial charge in [0.2, 0.25) is 0 Å². The number of carbonyl (C=O) groups is 1. The zero-order valence-electron chi connectivity index (χ0n) is 11.7. The lowest BCUT2D eigenvalue weighted by molar-refractivity contribution is 0.0951. The topological polar surface area (TPSA) is 90.9 Å². The van der Waals surface area contributed by atoms with Crippen LogP contribution < -0.4 is 5.32 Å². The molecule has 1 aliphatic carbocycles. The molecule has 0 spiro atoms. The van der Waals surface area contributed by atoms with E-state index in [4.69, 9.17) is 5.11 Å². The Balaban J connectivity index is 1.66. The van der Waals surface area contributed by atoms with Crippen LogP contribution in [0.25, 0.3) is 11.4 Å². The summed E-state index contributed by atoms with van der Waals surface area (Å²) in [5.74, 6) is 2.03. The summed E-state index contributed by atoms with van der Waals surface area (Å²) in [7, 11) is 0. The summed E-state index contributed by atoms with van der Waals surface area (Å²) in [4.78, 5) is 16.3. The number of nitrogens with one attached hydrogen (secondary N) is 2. The van der Waals surface area contributed by atoms with Crippen molar-refractivity contribution in [3.8, 4) is 11.4 Å². The first kappa shape index (κ1) is 13.8. The molecule has 6 heteroatoms. The molecule has 0 unspecified atom stereocenters. The summed E-state index contributed by atoms with van der Waals surface area (Å²) in [5, 5.41) is 18.6. The summed E-state index contributed by atoms with van der Waals surface area (Å²) in [6.07, 6.45) is 2.92. The van der Waals surface area contributed by atoms with Crippen molar-refractivity contribution in [1.29, 1.82) is 0 Å². The van der Waals surface area contributed by atoms with Crippen molar-refractivity contribution >= 4 is 5.91 Å². The van der Waals surface area contributed by atoms with Crippen LogP contribution >= 0.6 is 0 Å². The van der Waals surface area contributed by atoms with Crippen LogP contribution in [0.4, 0.5) is 0 Å². The first-order valence-corrected chi connectivity index (χ1v) is 7.19. The van der Waals surface area contributed by atoms with E-state index in [0.29, 0.717) is 30.3 Å². The van der Waals surface area contributed by atoms with Gasteiger partial charge in [-0.3, -0.25) is 9.89 Å². The number of hydrogen-bond acceptors (Lipinski definition) is 4. The lowest BCUT2D eigenvalue weighted by Gasteiger charge is -2.04. The van der Waals surface area contributed by atoms with Gasteiger partial charge in [-0.25, -0.2) is 4.98 Å². The zero-order chi connectivity index (χ0) is 14.7. The average Bonchev–Trinajstić information content (AvgIpc) is 3.25. The highest BCUT2D eigenvalue weighted by molar-refractivity contribution is 5.94. The van der Waals surface area contributed by atoms with E-state index < -0.39 is 0 Å². The van der Waals surface area contributed by atoms with Gasteiger partial charge in [0.1, 0.15) is 5.82 Å². The van der Waals surface area contributed by atoms with E-state index in [1.54, 1.807) is 12.1 Å². The number of H-pyrrole nitrogens is 1. The number of aromatic nitrogens is 3. The molecule has 1 aliphatic rings. The number of nitrogens with zero attached hydrogens (tertiary/aromatic N) is 2. The fraction of sp³-hybridized carbons (Fsp3) is 0.400. The lowest BCUT2D eigenvalue weighted by atomic mass is 10.1. The monoisotopic (exact) mass is 286 g/mol. The molecule has 1 aromatic carbocycles. The molecule has 21 heavy (non-hydrogen) atoms. The van der Waals surface area contributed by atoms with Gasteiger partial charge in [-0.2, -0.15) is 5.10 Å². The van der Waals surface area contributed by atoms with Crippen LogP contribution in [-0.4, -0.2) is 39.3 Å². The van der Waals surface area contributed by atoms with Crippen LogP contribution in [0.2, 0.25) is 0 Å². The summed E-state index contributed by atoms with van der Waals surface area (Å²) in [5.41, 5.74) is 1.49. The van der Waals surface area contributed by atoms with Gasteiger partial charge in [-0.15, -0.1) is 0 Å². The van der Waals surface area contributed by atoms with Crippen LogP contribution in [0.5, 0.6) is 0 Å². The molecule has 0 saturated heterocycles. The quantitative estimate of drug-likeness (QED) is 0.701. The van der Waals surface area contributed by atoms with Crippen LogP contribution in [-0.2, 0) is 0 Å². The predicted octanol–water partition coefficient (Wildman–Crippen LogP) is 1.46. The molecule has 3 rings (SSSR count). The summed E-state index contributed by atoms with van der Waals surface area (Å²) >= 11 is 0. The van der Waals surface area contributed by atoms with Crippen molar-refractivity contribution in [2.75, 3.05) is 13.2 Å². The number of benzene rings is 1. The van der Waals surface area contributed by atoms with Crippen molar-refractivity contribution in [2.24, 2.45) is 0 Å². The number of aliphatic hydroxyl groups excluding tert-OH is 1. The fourth-order valence-corrected chi connectivity index (χ4v) is 2.10. The first-order valence-electron chi connectivity index (χ1n) is 7.19. The van der Waals surface area contributed by atoms with Gasteiger partial charge in [0.25, 0.3) is 5.91 Å². The first-order chi connectivity index (χ1) is 10.3. The Labute approximate surface area is 122 Å². The molecule has 1 amide bonds. The van der Waals surface area contributed by atoms with Gasteiger partial charge < -0.3 is 10.4 Å². The summed E-state index contributed by atoms with van der Waals surface area (Å²) in [6.45, 7) is 0.552. The maximum absolute atomic E-state index is 11.8. The third kappa shape index (κ3) is 3.28. The molecule has 1 heterocycles. The highest BCUT2D eigenvalue weighted by Gasteiger charge is 2.27. The normalized spacial score (nSPS) is 14.1. The van der Waals surface area contributed by atoms with Crippen LogP contribution in [0.15, 0.2) is 24.3 Å².